The molecule has 0 unspecified atom stereocenters. The summed E-state index contributed by atoms with van der Waals surface area (Å²) in [5.74, 6) is -0.458. The Bertz CT molecular complexity index is 513. The molecular weight excluding hydrogens is 467 g/mol. The lowest BCUT2D eigenvalue weighted by Gasteiger charge is -2.11. The van der Waals surface area contributed by atoms with Gasteiger partial charge in [0.25, 0.3) is 0 Å². The Morgan fingerprint density at radius 1 is 0.963 bits per heavy atom. The van der Waals surface area contributed by atoms with E-state index >= 15 is 0 Å². The molecule has 0 amide bonds. The minimum absolute atomic E-state index is 0. The van der Waals surface area contributed by atoms with Gasteiger partial charge in [0.15, 0.2) is 5.96 Å². The first-order valence-electron chi connectivity index (χ1n) is 9.28. The zero-order valence-electron chi connectivity index (χ0n) is 16.2. The van der Waals surface area contributed by atoms with Gasteiger partial charge in [-0.05, 0) is 37.5 Å². The molecule has 5 nitrogen and oxygen atoms in total. The standard InChI is InChI=1S/C19H31F2N3O2.HI/c1-3-5-9-25-11-12-26-10-8-24-19(22-4-2)23-7-6-16-13-17(20)15-18(21)14-16;/h13-15H,3-12H2,1-2H3,(H2,22,23,24);1H. The molecule has 8 heteroatoms. The summed E-state index contributed by atoms with van der Waals surface area (Å²) in [6.45, 7) is 8.35. The number of halogens is 3. The number of nitrogens with one attached hydrogen (secondary N) is 2. The van der Waals surface area contributed by atoms with Crippen molar-refractivity contribution in [3.63, 3.8) is 0 Å². The second-order valence-electron chi connectivity index (χ2n) is 5.79. The predicted octanol–water partition coefficient (Wildman–Crippen LogP) is 3.51. The van der Waals surface area contributed by atoms with Crippen molar-refractivity contribution in [3.8, 4) is 0 Å². The topological polar surface area (TPSA) is 54.9 Å². The fourth-order valence-corrected chi connectivity index (χ4v) is 2.21. The highest BCUT2D eigenvalue weighted by atomic mass is 127. The minimum Gasteiger partial charge on any atom is -0.379 e. The van der Waals surface area contributed by atoms with E-state index in [1.54, 1.807) is 0 Å². The van der Waals surface area contributed by atoms with Gasteiger partial charge in [-0.1, -0.05) is 13.3 Å². The van der Waals surface area contributed by atoms with Crippen molar-refractivity contribution in [3.05, 3.63) is 35.4 Å². The summed E-state index contributed by atoms with van der Waals surface area (Å²) in [4.78, 5) is 4.41. The van der Waals surface area contributed by atoms with Crippen LogP contribution in [-0.2, 0) is 15.9 Å². The summed E-state index contributed by atoms with van der Waals surface area (Å²) in [6, 6.07) is 3.55. The van der Waals surface area contributed by atoms with Gasteiger partial charge in [0, 0.05) is 25.8 Å². The van der Waals surface area contributed by atoms with Crippen LogP contribution < -0.4 is 10.6 Å². The third kappa shape index (κ3) is 13.8. The Morgan fingerprint density at radius 2 is 1.63 bits per heavy atom. The molecule has 0 aliphatic rings. The molecule has 0 aliphatic carbocycles. The number of benzene rings is 1. The highest BCUT2D eigenvalue weighted by Crippen LogP contribution is 2.08. The minimum atomic E-state index is -0.559. The fraction of sp³-hybridized carbons (Fsp3) is 0.632. The summed E-state index contributed by atoms with van der Waals surface area (Å²) in [5.41, 5.74) is 0.609. The van der Waals surface area contributed by atoms with Crippen LogP contribution in [0.15, 0.2) is 23.2 Å². The van der Waals surface area contributed by atoms with E-state index in [0.29, 0.717) is 50.9 Å². The van der Waals surface area contributed by atoms with Gasteiger partial charge in [-0.25, -0.2) is 8.78 Å². The molecule has 0 fully saturated rings. The number of ether oxygens (including phenoxy) is 2. The maximum Gasteiger partial charge on any atom is 0.191 e. The molecule has 0 radical (unpaired) electrons. The quantitative estimate of drug-likeness (QED) is 0.189. The fourth-order valence-electron chi connectivity index (χ4n) is 2.21. The normalized spacial score (nSPS) is 11.2. The molecule has 0 aliphatic heterocycles. The van der Waals surface area contributed by atoms with E-state index < -0.39 is 11.6 Å². The molecule has 0 saturated heterocycles. The maximum absolute atomic E-state index is 13.2. The molecule has 1 aromatic carbocycles. The van der Waals surface area contributed by atoms with Crippen LogP contribution in [0.3, 0.4) is 0 Å². The third-order valence-electron chi connectivity index (χ3n) is 3.49. The van der Waals surface area contributed by atoms with Crippen LogP contribution in [-0.4, -0.2) is 52.0 Å². The van der Waals surface area contributed by atoms with Crippen molar-refractivity contribution in [2.45, 2.75) is 33.1 Å². The van der Waals surface area contributed by atoms with Gasteiger partial charge >= 0.3 is 0 Å². The number of hydrogen-bond donors (Lipinski definition) is 2. The van der Waals surface area contributed by atoms with E-state index in [0.717, 1.165) is 32.1 Å². The van der Waals surface area contributed by atoms with Gasteiger partial charge in [-0.15, -0.1) is 24.0 Å². The zero-order chi connectivity index (χ0) is 19.0. The number of hydrogen-bond acceptors (Lipinski definition) is 3. The molecule has 1 rings (SSSR count). The molecule has 27 heavy (non-hydrogen) atoms. The predicted molar refractivity (Wildman–Crippen MR) is 116 cm³/mol. The van der Waals surface area contributed by atoms with Crippen LogP contribution in [0.2, 0.25) is 0 Å². The lowest BCUT2D eigenvalue weighted by molar-refractivity contribution is 0.0497. The van der Waals surface area contributed by atoms with Crippen LogP contribution in [0.25, 0.3) is 0 Å². The van der Waals surface area contributed by atoms with Crippen molar-refractivity contribution in [2.24, 2.45) is 4.99 Å². The van der Waals surface area contributed by atoms with Gasteiger partial charge in [-0.2, -0.15) is 0 Å². The molecular formula is C19H32F2IN3O2. The lowest BCUT2D eigenvalue weighted by Crippen LogP contribution is -2.38. The summed E-state index contributed by atoms with van der Waals surface area (Å²) < 4.78 is 37.2. The van der Waals surface area contributed by atoms with E-state index in [9.17, 15) is 8.78 Å². The van der Waals surface area contributed by atoms with Crippen LogP contribution >= 0.6 is 24.0 Å². The molecule has 156 valence electrons. The smallest absolute Gasteiger partial charge is 0.191 e. The summed E-state index contributed by atoms with van der Waals surface area (Å²) >= 11 is 0. The van der Waals surface area contributed by atoms with E-state index in [-0.39, 0.29) is 24.0 Å². The summed E-state index contributed by atoms with van der Waals surface area (Å²) in [5, 5.41) is 6.27. The molecule has 0 aromatic heterocycles. The van der Waals surface area contributed by atoms with Crippen molar-refractivity contribution >= 4 is 29.9 Å². The number of nitrogens with zero attached hydrogens (tertiary/aromatic N) is 1. The van der Waals surface area contributed by atoms with Gasteiger partial charge in [-0.3, -0.25) is 4.99 Å². The first kappa shape index (κ1) is 26.0. The van der Waals surface area contributed by atoms with E-state index in [1.165, 1.54) is 12.1 Å². The molecule has 0 heterocycles. The first-order valence-corrected chi connectivity index (χ1v) is 9.28. The number of guanidine groups is 1. The summed E-state index contributed by atoms with van der Waals surface area (Å²) in [6.07, 6.45) is 2.71. The Morgan fingerprint density at radius 3 is 2.26 bits per heavy atom. The zero-order valence-corrected chi connectivity index (χ0v) is 18.6. The third-order valence-corrected chi connectivity index (χ3v) is 3.49. The highest BCUT2D eigenvalue weighted by molar-refractivity contribution is 14.0. The second-order valence-corrected chi connectivity index (χ2v) is 5.79. The Hall–Kier alpha value is -1.00. The molecule has 0 spiro atoms. The lowest BCUT2D eigenvalue weighted by atomic mass is 10.1. The molecule has 2 N–H and O–H groups in total. The molecule has 0 bridgehead atoms. The summed E-state index contributed by atoms with van der Waals surface area (Å²) in [7, 11) is 0. The largest absolute Gasteiger partial charge is 0.379 e. The highest BCUT2D eigenvalue weighted by Gasteiger charge is 2.02. The van der Waals surface area contributed by atoms with Gasteiger partial charge in [0.2, 0.25) is 0 Å². The average Bonchev–Trinajstić information content (AvgIpc) is 2.59. The van der Waals surface area contributed by atoms with Crippen molar-refractivity contribution < 1.29 is 18.3 Å². The second kappa shape index (κ2) is 17.1. The Kier molecular flexibility index (Phi) is 16.5. The van der Waals surface area contributed by atoms with E-state index in [2.05, 4.69) is 22.5 Å². The maximum atomic E-state index is 13.2. The van der Waals surface area contributed by atoms with Crippen LogP contribution in [0.5, 0.6) is 0 Å². The number of unbranched alkanes of at least 4 members (excludes halogenated alkanes) is 1. The van der Waals surface area contributed by atoms with Crippen LogP contribution in [0, 0.1) is 11.6 Å². The molecule has 0 saturated carbocycles. The first-order chi connectivity index (χ1) is 12.7. The Labute approximate surface area is 178 Å². The molecule has 0 atom stereocenters. The van der Waals surface area contributed by atoms with Crippen LogP contribution in [0.1, 0.15) is 32.3 Å². The van der Waals surface area contributed by atoms with E-state index in [4.69, 9.17) is 9.47 Å². The van der Waals surface area contributed by atoms with Crippen molar-refractivity contribution in [1.82, 2.24) is 10.6 Å². The number of aliphatic imine (C=N–C) groups is 1. The van der Waals surface area contributed by atoms with E-state index in [1.807, 2.05) is 6.92 Å². The van der Waals surface area contributed by atoms with Gasteiger partial charge in [0.1, 0.15) is 11.6 Å². The SMILES string of the molecule is CCCCOCCOCCN=C(NCC)NCCc1cc(F)cc(F)c1.I. The van der Waals surface area contributed by atoms with Crippen molar-refractivity contribution in [2.75, 3.05) is 46.1 Å². The monoisotopic (exact) mass is 499 g/mol. The average molecular weight is 499 g/mol. The molecule has 1 aromatic rings. The Balaban J connectivity index is 0.00000676. The van der Waals surface area contributed by atoms with Crippen LogP contribution in [0.4, 0.5) is 8.78 Å². The van der Waals surface area contributed by atoms with Gasteiger partial charge < -0.3 is 20.1 Å². The van der Waals surface area contributed by atoms with Gasteiger partial charge in [0.05, 0.1) is 26.4 Å². The number of rotatable bonds is 13. The van der Waals surface area contributed by atoms with Crippen molar-refractivity contribution in [1.29, 1.82) is 0 Å².